The van der Waals surface area contributed by atoms with Gasteiger partial charge in [0.1, 0.15) is 0 Å². The van der Waals surface area contributed by atoms with Crippen LogP contribution in [0.1, 0.15) is 24.8 Å². The molecule has 0 bridgehead atoms. The van der Waals surface area contributed by atoms with Crippen molar-refractivity contribution < 1.29 is 20.1 Å². The second-order valence-electron chi connectivity index (χ2n) is 6.39. The molecule has 1 aromatic rings. The fraction of sp³-hybridized carbons (Fsp3) is 0.556. The molecule has 0 aromatic heterocycles. The topological polar surface area (TPSA) is 69.9 Å². The van der Waals surface area contributed by atoms with E-state index in [1.807, 2.05) is 24.3 Å². The summed E-state index contributed by atoms with van der Waals surface area (Å²) in [5.41, 5.74) is 1.21. The van der Waals surface area contributed by atoms with Crippen molar-refractivity contribution in [1.82, 2.24) is 0 Å². The van der Waals surface area contributed by atoms with Gasteiger partial charge in [-0.05, 0) is 24.3 Å². The van der Waals surface area contributed by atoms with Gasteiger partial charge in [0.25, 0.3) is 0 Å². The quantitative estimate of drug-likeness (QED) is 0.723. The first kappa shape index (κ1) is 15.7. The Morgan fingerprint density at radius 1 is 1.18 bits per heavy atom. The van der Waals surface area contributed by atoms with Gasteiger partial charge in [-0.3, -0.25) is 0 Å². The Bertz CT molecular complexity index is 501. The van der Waals surface area contributed by atoms with Crippen molar-refractivity contribution in [2.24, 2.45) is 11.8 Å². The molecule has 120 valence electrons. The van der Waals surface area contributed by atoms with E-state index in [4.69, 9.17) is 4.74 Å². The number of hydrogen-bond acceptors (Lipinski definition) is 4. The van der Waals surface area contributed by atoms with Crippen LogP contribution in [0.4, 0.5) is 0 Å². The number of rotatable bonds is 5. The van der Waals surface area contributed by atoms with Crippen LogP contribution in [0.15, 0.2) is 42.5 Å². The maximum atomic E-state index is 10.1. The Labute approximate surface area is 131 Å². The molecule has 3 N–H and O–H groups in total. The molecule has 1 aromatic carbocycles. The van der Waals surface area contributed by atoms with Gasteiger partial charge in [-0.2, -0.15) is 0 Å². The van der Waals surface area contributed by atoms with Gasteiger partial charge in [0, 0.05) is 18.8 Å². The van der Waals surface area contributed by atoms with E-state index in [1.165, 1.54) is 5.56 Å². The number of ether oxygens (including phenoxy) is 1. The minimum atomic E-state index is -0.707. The molecule has 1 saturated carbocycles. The summed E-state index contributed by atoms with van der Waals surface area (Å²) in [6, 6.07) is 10.1. The lowest BCUT2D eigenvalue weighted by Crippen LogP contribution is -2.19. The van der Waals surface area contributed by atoms with E-state index in [0.29, 0.717) is 19.3 Å². The van der Waals surface area contributed by atoms with Gasteiger partial charge in [-0.1, -0.05) is 42.5 Å². The fourth-order valence-electron chi connectivity index (χ4n) is 3.64. The molecule has 1 aliphatic carbocycles. The first-order valence-corrected chi connectivity index (χ1v) is 8.05. The summed E-state index contributed by atoms with van der Waals surface area (Å²) in [7, 11) is 0. The second-order valence-corrected chi connectivity index (χ2v) is 6.39. The molecule has 4 nitrogen and oxygen atoms in total. The molecule has 2 aliphatic rings. The number of hydrogen-bond donors (Lipinski definition) is 3. The first-order chi connectivity index (χ1) is 10.6. The third-order valence-corrected chi connectivity index (χ3v) is 4.82. The molecule has 1 saturated heterocycles. The summed E-state index contributed by atoms with van der Waals surface area (Å²) in [4.78, 5) is 0. The smallest absolute Gasteiger partial charge is 0.155 e. The van der Waals surface area contributed by atoms with Crippen LogP contribution in [-0.2, 0) is 11.2 Å². The molecule has 22 heavy (non-hydrogen) atoms. The van der Waals surface area contributed by atoms with E-state index in [-0.39, 0.29) is 17.9 Å². The zero-order valence-electron chi connectivity index (χ0n) is 12.6. The maximum Gasteiger partial charge on any atom is 0.155 e. The van der Waals surface area contributed by atoms with E-state index in [0.717, 1.165) is 6.42 Å². The standard InChI is InChI=1S/C18H24O4/c19-13(7-6-12-4-2-1-3-5-12)8-9-14-15-10-18(21)22-17(15)11-16(14)20/h1-5,8-9,13-21H,6-7,10-11H2/b9-8+/t13-,14+,15+,16+,17-,18?/m0/s1. The van der Waals surface area contributed by atoms with E-state index in [9.17, 15) is 15.3 Å². The van der Waals surface area contributed by atoms with Crippen LogP contribution >= 0.6 is 0 Å². The van der Waals surface area contributed by atoms with Gasteiger partial charge in [-0.25, -0.2) is 0 Å². The van der Waals surface area contributed by atoms with Gasteiger partial charge in [0.2, 0.25) is 0 Å². The number of fused-ring (bicyclic) bond motifs is 1. The van der Waals surface area contributed by atoms with Crippen molar-refractivity contribution in [2.45, 2.75) is 50.3 Å². The van der Waals surface area contributed by atoms with Crippen LogP contribution in [0.25, 0.3) is 0 Å². The predicted molar refractivity (Wildman–Crippen MR) is 83.0 cm³/mol. The Morgan fingerprint density at radius 3 is 2.73 bits per heavy atom. The molecule has 0 radical (unpaired) electrons. The lowest BCUT2D eigenvalue weighted by molar-refractivity contribution is -0.0949. The van der Waals surface area contributed by atoms with Gasteiger partial charge in [-0.15, -0.1) is 0 Å². The Hall–Kier alpha value is -1.20. The lowest BCUT2D eigenvalue weighted by atomic mass is 9.91. The van der Waals surface area contributed by atoms with Crippen molar-refractivity contribution in [3.63, 3.8) is 0 Å². The molecule has 1 aliphatic heterocycles. The van der Waals surface area contributed by atoms with Crippen molar-refractivity contribution in [2.75, 3.05) is 0 Å². The maximum absolute atomic E-state index is 10.1. The van der Waals surface area contributed by atoms with Crippen molar-refractivity contribution in [3.05, 3.63) is 48.0 Å². The summed E-state index contributed by atoms with van der Waals surface area (Å²) in [5.74, 6) is 0.121. The fourth-order valence-corrected chi connectivity index (χ4v) is 3.64. The largest absolute Gasteiger partial charge is 0.392 e. The summed E-state index contributed by atoms with van der Waals surface area (Å²) >= 11 is 0. The molecule has 0 spiro atoms. The predicted octanol–water partition coefficient (Wildman–Crippen LogP) is 1.64. The molecule has 4 heteroatoms. The summed E-state index contributed by atoms with van der Waals surface area (Å²) in [6.45, 7) is 0. The molecule has 3 rings (SSSR count). The number of aliphatic hydroxyl groups is 3. The summed E-state index contributed by atoms with van der Waals surface area (Å²) < 4.78 is 5.40. The average molecular weight is 304 g/mol. The highest BCUT2D eigenvalue weighted by atomic mass is 16.6. The molecule has 2 fully saturated rings. The van der Waals surface area contributed by atoms with E-state index in [1.54, 1.807) is 6.08 Å². The normalized spacial score (nSPS) is 35.9. The van der Waals surface area contributed by atoms with E-state index in [2.05, 4.69) is 12.1 Å². The van der Waals surface area contributed by atoms with E-state index < -0.39 is 18.5 Å². The Morgan fingerprint density at radius 2 is 1.95 bits per heavy atom. The highest BCUT2D eigenvalue weighted by Gasteiger charge is 2.47. The average Bonchev–Trinajstić information content (AvgIpc) is 2.99. The van der Waals surface area contributed by atoms with Crippen molar-refractivity contribution in [3.8, 4) is 0 Å². The number of aryl methyl sites for hydroxylation is 1. The van der Waals surface area contributed by atoms with Crippen LogP contribution < -0.4 is 0 Å². The van der Waals surface area contributed by atoms with Gasteiger partial charge < -0.3 is 20.1 Å². The number of benzene rings is 1. The summed E-state index contributed by atoms with van der Waals surface area (Å²) in [5, 5.41) is 29.8. The zero-order valence-corrected chi connectivity index (χ0v) is 12.6. The van der Waals surface area contributed by atoms with Gasteiger partial charge in [0.15, 0.2) is 6.29 Å². The molecular formula is C18H24O4. The van der Waals surface area contributed by atoms with E-state index >= 15 is 0 Å². The molecular weight excluding hydrogens is 280 g/mol. The highest BCUT2D eigenvalue weighted by Crippen LogP contribution is 2.43. The van der Waals surface area contributed by atoms with Crippen LogP contribution in [0.3, 0.4) is 0 Å². The molecule has 6 atom stereocenters. The monoisotopic (exact) mass is 304 g/mol. The Balaban J connectivity index is 1.52. The number of aliphatic hydroxyl groups excluding tert-OH is 3. The molecule has 1 unspecified atom stereocenters. The van der Waals surface area contributed by atoms with Crippen molar-refractivity contribution in [1.29, 1.82) is 0 Å². The minimum absolute atomic E-state index is 0.0338. The molecule has 1 heterocycles. The third kappa shape index (κ3) is 3.58. The van der Waals surface area contributed by atoms with Crippen LogP contribution in [-0.4, -0.2) is 39.9 Å². The molecule has 0 amide bonds. The first-order valence-electron chi connectivity index (χ1n) is 8.05. The van der Waals surface area contributed by atoms with Gasteiger partial charge in [0.05, 0.1) is 18.3 Å². The van der Waals surface area contributed by atoms with Crippen LogP contribution in [0.2, 0.25) is 0 Å². The second kappa shape index (κ2) is 6.92. The lowest BCUT2D eigenvalue weighted by Gasteiger charge is -2.16. The zero-order chi connectivity index (χ0) is 15.5. The van der Waals surface area contributed by atoms with Gasteiger partial charge >= 0.3 is 0 Å². The SMILES string of the molecule is OC1C[C@@H]2[C@@H](/C=C/[C@@H](O)CCc3ccccc3)[C@H](O)C[C@@H]2O1. The minimum Gasteiger partial charge on any atom is -0.392 e. The highest BCUT2D eigenvalue weighted by molar-refractivity contribution is 5.15. The van der Waals surface area contributed by atoms with Crippen LogP contribution in [0.5, 0.6) is 0 Å². The van der Waals surface area contributed by atoms with Crippen molar-refractivity contribution >= 4 is 0 Å². The Kier molecular flexibility index (Phi) is 4.93. The third-order valence-electron chi connectivity index (χ3n) is 4.82. The van der Waals surface area contributed by atoms with Crippen LogP contribution in [0, 0.1) is 11.8 Å². The summed E-state index contributed by atoms with van der Waals surface area (Å²) in [6.07, 6.45) is 4.59.